The molecule has 1 unspecified atom stereocenters. The molecule has 0 saturated carbocycles. The highest BCUT2D eigenvalue weighted by Gasteiger charge is 2.21. The molecular formula is C16H23NO2. The molecule has 1 atom stereocenters. The van der Waals surface area contributed by atoms with E-state index in [1.54, 1.807) is 0 Å². The molecule has 3 nitrogen and oxygen atoms in total. The van der Waals surface area contributed by atoms with E-state index in [9.17, 15) is 4.79 Å². The highest BCUT2D eigenvalue weighted by atomic mass is 16.5. The van der Waals surface area contributed by atoms with Crippen LogP contribution in [0.5, 0.6) is 0 Å². The summed E-state index contributed by atoms with van der Waals surface area (Å²) in [6.07, 6.45) is 0. The fourth-order valence-corrected chi connectivity index (χ4v) is 2.61. The number of aryl methyl sites for hydroxylation is 2. The van der Waals surface area contributed by atoms with Gasteiger partial charge in [-0.05, 0) is 19.4 Å². The van der Waals surface area contributed by atoms with Crippen LogP contribution in [0.3, 0.4) is 0 Å². The van der Waals surface area contributed by atoms with Gasteiger partial charge in [0, 0.05) is 31.1 Å². The smallest absolute Gasteiger partial charge is 0.167 e. The van der Waals surface area contributed by atoms with Gasteiger partial charge in [0.1, 0.15) is 0 Å². The fraction of sp³-hybridized carbons (Fsp3) is 0.562. The first-order valence-electron chi connectivity index (χ1n) is 6.99. The van der Waals surface area contributed by atoms with E-state index in [0.717, 1.165) is 44.0 Å². The molecule has 1 aliphatic heterocycles. The van der Waals surface area contributed by atoms with E-state index in [0.29, 0.717) is 0 Å². The molecule has 1 saturated heterocycles. The van der Waals surface area contributed by atoms with Crippen molar-refractivity contribution in [3.8, 4) is 0 Å². The molecule has 2 rings (SSSR count). The topological polar surface area (TPSA) is 29.5 Å². The Morgan fingerprint density at radius 2 is 2.00 bits per heavy atom. The number of carbonyl (C=O) groups is 1. The first kappa shape index (κ1) is 14.2. The maximum Gasteiger partial charge on any atom is 0.167 e. The Bertz CT molecular complexity index is 450. The molecule has 1 heterocycles. The second-order valence-corrected chi connectivity index (χ2v) is 5.50. The van der Waals surface area contributed by atoms with Gasteiger partial charge in [-0.15, -0.1) is 0 Å². The van der Waals surface area contributed by atoms with Crippen molar-refractivity contribution in [2.75, 3.05) is 32.8 Å². The number of rotatable bonds is 4. The van der Waals surface area contributed by atoms with Crippen molar-refractivity contribution in [2.45, 2.75) is 20.8 Å². The van der Waals surface area contributed by atoms with Gasteiger partial charge in [-0.1, -0.05) is 30.7 Å². The minimum absolute atomic E-state index is 0.0412. The SMILES string of the molecule is Cc1ccc(C(=O)C(C)CN2CCOCC2)c(C)c1. The third-order valence-electron chi connectivity index (χ3n) is 3.73. The molecule has 3 heteroatoms. The average Bonchev–Trinajstić information content (AvgIpc) is 2.39. The van der Waals surface area contributed by atoms with Crippen LogP contribution in [0.4, 0.5) is 0 Å². The summed E-state index contributed by atoms with van der Waals surface area (Å²) in [7, 11) is 0. The van der Waals surface area contributed by atoms with Crippen LogP contribution in [0.15, 0.2) is 18.2 Å². The molecule has 0 radical (unpaired) electrons. The molecule has 1 aromatic rings. The number of nitrogens with zero attached hydrogens (tertiary/aromatic N) is 1. The lowest BCUT2D eigenvalue weighted by atomic mass is 9.94. The quantitative estimate of drug-likeness (QED) is 0.780. The zero-order valence-electron chi connectivity index (χ0n) is 12.1. The highest BCUT2D eigenvalue weighted by molar-refractivity contribution is 5.99. The maximum absolute atomic E-state index is 12.5. The number of ketones is 1. The zero-order chi connectivity index (χ0) is 13.8. The molecule has 0 N–H and O–H groups in total. The number of hydrogen-bond acceptors (Lipinski definition) is 3. The molecule has 1 aromatic carbocycles. The average molecular weight is 261 g/mol. The van der Waals surface area contributed by atoms with E-state index in [1.807, 2.05) is 26.0 Å². The first-order chi connectivity index (χ1) is 9.08. The Kier molecular flexibility index (Phi) is 4.72. The van der Waals surface area contributed by atoms with Crippen LogP contribution in [0, 0.1) is 19.8 Å². The van der Waals surface area contributed by atoms with Crippen LogP contribution in [0.1, 0.15) is 28.4 Å². The summed E-state index contributed by atoms with van der Waals surface area (Å²) in [6, 6.07) is 6.05. The summed E-state index contributed by atoms with van der Waals surface area (Å²) in [5.41, 5.74) is 3.15. The Morgan fingerprint density at radius 3 is 2.63 bits per heavy atom. The molecule has 0 aliphatic carbocycles. The van der Waals surface area contributed by atoms with Crippen molar-refractivity contribution in [3.05, 3.63) is 34.9 Å². The van der Waals surface area contributed by atoms with Gasteiger partial charge in [-0.25, -0.2) is 0 Å². The van der Waals surface area contributed by atoms with Crippen molar-refractivity contribution >= 4 is 5.78 Å². The van der Waals surface area contributed by atoms with Crippen molar-refractivity contribution in [1.29, 1.82) is 0 Å². The van der Waals surface area contributed by atoms with E-state index in [1.165, 1.54) is 5.56 Å². The largest absolute Gasteiger partial charge is 0.379 e. The molecule has 1 aliphatic rings. The van der Waals surface area contributed by atoms with E-state index >= 15 is 0 Å². The van der Waals surface area contributed by atoms with Gasteiger partial charge in [0.15, 0.2) is 5.78 Å². The Balaban J connectivity index is 2.01. The minimum atomic E-state index is 0.0412. The number of Topliss-reactive ketones (excluding diaryl/α,β-unsaturated/α-hetero) is 1. The number of hydrogen-bond donors (Lipinski definition) is 0. The van der Waals surface area contributed by atoms with Gasteiger partial charge < -0.3 is 4.74 Å². The van der Waals surface area contributed by atoms with Gasteiger partial charge in [-0.2, -0.15) is 0 Å². The van der Waals surface area contributed by atoms with Crippen LogP contribution in [-0.2, 0) is 4.74 Å². The summed E-state index contributed by atoms with van der Waals surface area (Å²) in [6.45, 7) is 10.4. The van der Waals surface area contributed by atoms with E-state index < -0.39 is 0 Å². The Labute approximate surface area is 115 Å². The van der Waals surface area contributed by atoms with Crippen LogP contribution >= 0.6 is 0 Å². The van der Waals surface area contributed by atoms with Crippen LogP contribution in [0.2, 0.25) is 0 Å². The van der Waals surface area contributed by atoms with Gasteiger partial charge >= 0.3 is 0 Å². The molecule has 1 fully saturated rings. The van der Waals surface area contributed by atoms with Crippen LogP contribution in [-0.4, -0.2) is 43.5 Å². The summed E-state index contributed by atoms with van der Waals surface area (Å²) in [5, 5.41) is 0. The van der Waals surface area contributed by atoms with E-state index in [-0.39, 0.29) is 11.7 Å². The Hall–Kier alpha value is -1.19. The molecule has 0 amide bonds. The van der Waals surface area contributed by atoms with Crippen molar-refractivity contribution in [3.63, 3.8) is 0 Å². The summed E-state index contributed by atoms with van der Waals surface area (Å²) < 4.78 is 5.33. The monoisotopic (exact) mass is 261 g/mol. The Morgan fingerprint density at radius 1 is 1.32 bits per heavy atom. The maximum atomic E-state index is 12.5. The highest BCUT2D eigenvalue weighted by Crippen LogP contribution is 2.16. The lowest BCUT2D eigenvalue weighted by Crippen LogP contribution is -2.40. The third kappa shape index (κ3) is 3.64. The molecular weight excluding hydrogens is 238 g/mol. The number of ether oxygens (including phenoxy) is 1. The van der Waals surface area contributed by atoms with Crippen molar-refractivity contribution in [1.82, 2.24) is 4.90 Å². The van der Waals surface area contributed by atoms with Gasteiger partial charge in [0.2, 0.25) is 0 Å². The summed E-state index contributed by atoms with van der Waals surface area (Å²) in [4.78, 5) is 14.8. The van der Waals surface area contributed by atoms with E-state index in [4.69, 9.17) is 4.74 Å². The lowest BCUT2D eigenvalue weighted by molar-refractivity contribution is 0.0313. The summed E-state index contributed by atoms with van der Waals surface area (Å²) >= 11 is 0. The van der Waals surface area contributed by atoms with E-state index in [2.05, 4.69) is 17.9 Å². The van der Waals surface area contributed by atoms with Crippen molar-refractivity contribution < 1.29 is 9.53 Å². The molecule has 104 valence electrons. The van der Waals surface area contributed by atoms with Gasteiger partial charge in [0.25, 0.3) is 0 Å². The predicted molar refractivity (Wildman–Crippen MR) is 76.7 cm³/mol. The molecule has 0 spiro atoms. The normalized spacial score (nSPS) is 18.3. The predicted octanol–water partition coefficient (Wildman–Crippen LogP) is 2.45. The number of benzene rings is 1. The zero-order valence-corrected chi connectivity index (χ0v) is 12.1. The van der Waals surface area contributed by atoms with Gasteiger partial charge in [-0.3, -0.25) is 9.69 Å². The lowest BCUT2D eigenvalue weighted by Gasteiger charge is -2.28. The number of carbonyl (C=O) groups excluding carboxylic acids is 1. The molecule has 19 heavy (non-hydrogen) atoms. The third-order valence-corrected chi connectivity index (χ3v) is 3.73. The number of morpholine rings is 1. The summed E-state index contributed by atoms with van der Waals surface area (Å²) in [5.74, 6) is 0.295. The fourth-order valence-electron chi connectivity index (χ4n) is 2.61. The molecule has 0 bridgehead atoms. The second kappa shape index (κ2) is 6.31. The van der Waals surface area contributed by atoms with Crippen molar-refractivity contribution in [2.24, 2.45) is 5.92 Å². The minimum Gasteiger partial charge on any atom is -0.379 e. The van der Waals surface area contributed by atoms with Crippen LogP contribution < -0.4 is 0 Å². The standard InChI is InChI=1S/C16H23NO2/c1-12-4-5-15(13(2)10-12)16(18)14(3)11-17-6-8-19-9-7-17/h4-5,10,14H,6-9,11H2,1-3H3. The second-order valence-electron chi connectivity index (χ2n) is 5.50. The van der Waals surface area contributed by atoms with Crippen LogP contribution in [0.25, 0.3) is 0 Å². The first-order valence-corrected chi connectivity index (χ1v) is 6.99. The molecule has 0 aromatic heterocycles. The van der Waals surface area contributed by atoms with Gasteiger partial charge in [0.05, 0.1) is 13.2 Å².